The first-order chi connectivity index (χ1) is 15.7. The highest BCUT2D eigenvalue weighted by atomic mass is 19.1. The van der Waals surface area contributed by atoms with Crippen LogP contribution in [0.4, 0.5) is 4.39 Å². The van der Waals surface area contributed by atoms with Gasteiger partial charge in [-0.25, -0.2) is 4.39 Å². The molecule has 3 nitrogen and oxygen atoms in total. The van der Waals surface area contributed by atoms with E-state index < -0.39 is 0 Å². The SMILES string of the molecule is O=C1c2ccccc2C(c2c(-c3ccc(F)cc3)[nH]c3ccccc23)N1C1CCCCC1. The number of nitrogens with one attached hydrogen (secondary N) is 1. The minimum Gasteiger partial charge on any atom is -0.354 e. The number of rotatable bonds is 3. The van der Waals surface area contributed by atoms with Gasteiger partial charge in [0.1, 0.15) is 5.82 Å². The number of aromatic amines is 1. The average molecular weight is 425 g/mol. The highest BCUT2D eigenvalue weighted by molar-refractivity contribution is 6.02. The molecule has 2 heterocycles. The van der Waals surface area contributed by atoms with Crippen LogP contribution in [0.5, 0.6) is 0 Å². The minimum absolute atomic E-state index is 0.132. The number of carbonyl (C=O) groups is 1. The molecule has 2 aliphatic rings. The Morgan fingerprint density at radius 2 is 1.56 bits per heavy atom. The molecule has 160 valence electrons. The standard InChI is InChI=1S/C28H25FN2O/c29-19-16-14-18(15-17-19)26-25(23-12-6-7-13-24(23)30-26)27-21-10-4-5-11-22(21)28(32)31(27)20-8-2-1-3-9-20/h4-7,10-17,20,27,30H,1-3,8-9H2. The molecule has 0 spiro atoms. The van der Waals surface area contributed by atoms with Crippen molar-refractivity contribution in [2.24, 2.45) is 0 Å². The number of benzene rings is 3. The first-order valence-corrected chi connectivity index (χ1v) is 11.5. The fourth-order valence-corrected chi connectivity index (χ4v) is 5.66. The lowest BCUT2D eigenvalue weighted by molar-refractivity contribution is 0.0614. The van der Waals surface area contributed by atoms with Crippen molar-refractivity contribution in [1.29, 1.82) is 0 Å². The molecule has 0 bridgehead atoms. The monoisotopic (exact) mass is 424 g/mol. The van der Waals surface area contributed by atoms with Crippen LogP contribution in [0, 0.1) is 5.82 Å². The molecule has 1 atom stereocenters. The molecule has 1 aliphatic carbocycles. The Morgan fingerprint density at radius 3 is 2.38 bits per heavy atom. The number of hydrogen-bond acceptors (Lipinski definition) is 1. The van der Waals surface area contributed by atoms with Gasteiger partial charge in [0.25, 0.3) is 5.91 Å². The van der Waals surface area contributed by atoms with Crippen LogP contribution in [0.2, 0.25) is 0 Å². The molecule has 1 aliphatic heterocycles. The lowest BCUT2D eigenvalue weighted by atomic mass is 9.89. The molecule has 4 aromatic rings. The van der Waals surface area contributed by atoms with Gasteiger partial charge < -0.3 is 9.88 Å². The lowest BCUT2D eigenvalue weighted by Gasteiger charge is -2.36. The summed E-state index contributed by atoms with van der Waals surface area (Å²) >= 11 is 0. The number of aromatic nitrogens is 1. The zero-order chi connectivity index (χ0) is 21.7. The smallest absolute Gasteiger partial charge is 0.255 e. The van der Waals surface area contributed by atoms with Crippen molar-refractivity contribution in [2.75, 3.05) is 0 Å². The lowest BCUT2D eigenvalue weighted by Crippen LogP contribution is -2.40. The number of para-hydroxylation sites is 1. The van der Waals surface area contributed by atoms with Crippen LogP contribution in [-0.4, -0.2) is 21.8 Å². The summed E-state index contributed by atoms with van der Waals surface area (Å²) in [6.07, 6.45) is 5.66. The predicted octanol–water partition coefficient (Wildman–Crippen LogP) is 6.85. The van der Waals surface area contributed by atoms with E-state index >= 15 is 0 Å². The molecule has 1 saturated carbocycles. The molecule has 3 aromatic carbocycles. The molecule has 1 amide bonds. The Hall–Kier alpha value is -3.40. The third kappa shape index (κ3) is 2.97. The topological polar surface area (TPSA) is 36.1 Å². The van der Waals surface area contributed by atoms with Gasteiger partial charge in [-0.3, -0.25) is 4.79 Å². The van der Waals surface area contributed by atoms with E-state index in [1.54, 1.807) is 0 Å². The van der Waals surface area contributed by atoms with Crippen molar-refractivity contribution in [3.63, 3.8) is 0 Å². The summed E-state index contributed by atoms with van der Waals surface area (Å²) in [5.74, 6) is -0.121. The number of nitrogens with zero attached hydrogens (tertiary/aromatic N) is 1. The Morgan fingerprint density at radius 1 is 0.844 bits per heavy atom. The van der Waals surface area contributed by atoms with Crippen LogP contribution in [-0.2, 0) is 0 Å². The van der Waals surface area contributed by atoms with Crippen LogP contribution in [0.25, 0.3) is 22.2 Å². The van der Waals surface area contributed by atoms with Gasteiger partial charge in [-0.15, -0.1) is 0 Å². The van der Waals surface area contributed by atoms with Crippen LogP contribution in [0.15, 0.2) is 72.8 Å². The Bertz CT molecular complexity index is 1300. The number of hydrogen-bond donors (Lipinski definition) is 1. The third-order valence-electron chi connectivity index (χ3n) is 7.12. The maximum Gasteiger partial charge on any atom is 0.255 e. The summed E-state index contributed by atoms with van der Waals surface area (Å²) in [6, 6.07) is 23.0. The summed E-state index contributed by atoms with van der Waals surface area (Å²) in [5.41, 5.74) is 5.90. The summed E-state index contributed by atoms with van der Waals surface area (Å²) in [4.78, 5) is 19.4. The summed E-state index contributed by atoms with van der Waals surface area (Å²) in [5, 5.41) is 1.11. The molecule has 1 unspecified atom stereocenters. The second-order valence-electron chi connectivity index (χ2n) is 8.96. The maximum absolute atomic E-state index is 13.7. The zero-order valence-corrected chi connectivity index (χ0v) is 17.9. The van der Waals surface area contributed by atoms with Gasteiger partial charge in [0.15, 0.2) is 0 Å². The Balaban J connectivity index is 1.61. The van der Waals surface area contributed by atoms with Crippen LogP contribution >= 0.6 is 0 Å². The van der Waals surface area contributed by atoms with Gasteiger partial charge >= 0.3 is 0 Å². The van der Waals surface area contributed by atoms with Crippen molar-refractivity contribution in [1.82, 2.24) is 9.88 Å². The molecule has 32 heavy (non-hydrogen) atoms. The number of halogens is 1. The van der Waals surface area contributed by atoms with Crippen molar-refractivity contribution in [2.45, 2.75) is 44.2 Å². The quantitative estimate of drug-likeness (QED) is 0.383. The van der Waals surface area contributed by atoms with Crippen molar-refractivity contribution < 1.29 is 9.18 Å². The van der Waals surface area contributed by atoms with Crippen LogP contribution in [0.3, 0.4) is 0 Å². The van der Waals surface area contributed by atoms with Crippen LogP contribution in [0.1, 0.15) is 59.6 Å². The van der Waals surface area contributed by atoms with Crippen molar-refractivity contribution in [3.05, 3.63) is 95.3 Å². The van der Waals surface area contributed by atoms with Crippen molar-refractivity contribution in [3.8, 4) is 11.3 Å². The van der Waals surface area contributed by atoms with E-state index in [0.29, 0.717) is 0 Å². The minimum atomic E-state index is -0.253. The number of carbonyl (C=O) groups excluding carboxylic acids is 1. The second-order valence-corrected chi connectivity index (χ2v) is 8.96. The molecule has 0 radical (unpaired) electrons. The van der Waals surface area contributed by atoms with Gasteiger partial charge in [0.05, 0.1) is 11.7 Å². The van der Waals surface area contributed by atoms with Gasteiger partial charge in [0, 0.05) is 28.1 Å². The molecule has 6 rings (SSSR count). The van der Waals surface area contributed by atoms with Gasteiger partial charge in [-0.05, 0) is 60.4 Å². The Kier molecular flexibility index (Phi) is 4.60. The second kappa shape index (κ2) is 7.63. The summed E-state index contributed by atoms with van der Waals surface area (Å²) in [6.45, 7) is 0. The highest BCUT2D eigenvalue weighted by Crippen LogP contribution is 2.47. The fraction of sp³-hybridized carbons (Fsp3) is 0.250. The van der Waals surface area contributed by atoms with E-state index in [1.165, 1.54) is 18.6 Å². The van der Waals surface area contributed by atoms with E-state index in [0.717, 1.165) is 64.5 Å². The number of amides is 1. The molecule has 1 N–H and O–H groups in total. The normalized spacial score (nSPS) is 19.0. The zero-order valence-electron chi connectivity index (χ0n) is 17.9. The first kappa shape index (κ1) is 19.3. The van der Waals surface area contributed by atoms with Crippen molar-refractivity contribution >= 4 is 16.8 Å². The molecular formula is C28H25FN2O. The van der Waals surface area contributed by atoms with Gasteiger partial charge in [-0.2, -0.15) is 0 Å². The van der Waals surface area contributed by atoms with E-state index in [1.807, 2.05) is 42.5 Å². The number of H-pyrrole nitrogens is 1. The summed E-state index contributed by atoms with van der Waals surface area (Å²) < 4.78 is 13.7. The largest absolute Gasteiger partial charge is 0.354 e. The molecule has 1 aromatic heterocycles. The first-order valence-electron chi connectivity index (χ1n) is 11.5. The fourth-order valence-electron chi connectivity index (χ4n) is 5.66. The summed E-state index contributed by atoms with van der Waals surface area (Å²) in [7, 11) is 0. The maximum atomic E-state index is 13.7. The number of fused-ring (bicyclic) bond motifs is 2. The highest BCUT2D eigenvalue weighted by Gasteiger charge is 2.43. The molecule has 1 fully saturated rings. The van der Waals surface area contributed by atoms with Gasteiger partial charge in [0.2, 0.25) is 0 Å². The average Bonchev–Trinajstić information content (AvgIpc) is 3.35. The van der Waals surface area contributed by atoms with Crippen LogP contribution < -0.4 is 0 Å². The van der Waals surface area contributed by atoms with Gasteiger partial charge in [-0.1, -0.05) is 55.7 Å². The third-order valence-corrected chi connectivity index (χ3v) is 7.12. The van der Waals surface area contributed by atoms with E-state index in [-0.39, 0.29) is 23.8 Å². The van der Waals surface area contributed by atoms with E-state index in [9.17, 15) is 9.18 Å². The molecule has 0 saturated heterocycles. The molecule has 4 heteroatoms. The van der Waals surface area contributed by atoms with E-state index in [2.05, 4.69) is 28.1 Å². The Labute approximate surface area is 186 Å². The predicted molar refractivity (Wildman–Crippen MR) is 125 cm³/mol. The molecular weight excluding hydrogens is 399 g/mol. The van der Waals surface area contributed by atoms with E-state index in [4.69, 9.17) is 0 Å².